The average Bonchev–Trinajstić information content (AvgIpc) is 2.88. The fourth-order valence-electron chi connectivity index (χ4n) is 1.75. The summed E-state index contributed by atoms with van der Waals surface area (Å²) in [5.74, 6) is 1.38. The minimum atomic E-state index is -0.430. The Labute approximate surface area is 121 Å². The molecule has 21 heavy (non-hydrogen) atoms. The summed E-state index contributed by atoms with van der Waals surface area (Å²) in [5, 5.41) is 21.5. The number of rotatable bonds is 7. The number of hydrogen-bond donors (Lipinski definition) is 1. The zero-order valence-electron chi connectivity index (χ0n) is 11.8. The van der Waals surface area contributed by atoms with Gasteiger partial charge in [-0.15, -0.1) is 10.2 Å². The highest BCUT2D eigenvalue weighted by molar-refractivity contribution is 5.43. The van der Waals surface area contributed by atoms with Gasteiger partial charge in [0, 0.05) is 31.2 Å². The number of nitrogens with one attached hydrogen (secondary N) is 1. The van der Waals surface area contributed by atoms with E-state index in [1.54, 1.807) is 13.0 Å². The fourth-order valence-corrected chi connectivity index (χ4v) is 1.75. The van der Waals surface area contributed by atoms with Gasteiger partial charge in [0.05, 0.1) is 4.92 Å². The number of hydrogen-bond acceptors (Lipinski definition) is 7. The highest BCUT2D eigenvalue weighted by Crippen LogP contribution is 2.25. The van der Waals surface area contributed by atoms with E-state index < -0.39 is 4.92 Å². The Morgan fingerprint density at radius 3 is 2.86 bits per heavy atom. The topological polar surface area (TPSA) is 103 Å². The van der Waals surface area contributed by atoms with E-state index >= 15 is 0 Å². The Hall–Kier alpha value is -2.48. The molecule has 0 saturated carbocycles. The van der Waals surface area contributed by atoms with Crippen LogP contribution >= 0.6 is 0 Å². The molecular weight excluding hydrogens is 276 g/mol. The molecule has 1 heterocycles. The minimum absolute atomic E-state index is 0.0314. The third-order valence-electron chi connectivity index (χ3n) is 2.74. The number of nitro benzene ring substituents is 1. The Balaban J connectivity index is 2.14. The molecule has 1 N–H and O–H groups in total. The van der Waals surface area contributed by atoms with E-state index in [4.69, 9.17) is 9.15 Å². The van der Waals surface area contributed by atoms with Gasteiger partial charge in [0.15, 0.2) is 6.61 Å². The molecule has 0 atom stereocenters. The van der Waals surface area contributed by atoms with Gasteiger partial charge < -0.3 is 14.5 Å². The maximum atomic E-state index is 10.8. The van der Waals surface area contributed by atoms with Gasteiger partial charge in [-0.1, -0.05) is 6.92 Å². The lowest BCUT2D eigenvalue weighted by molar-refractivity contribution is -0.384. The molecule has 1 aromatic carbocycles. The van der Waals surface area contributed by atoms with Crippen LogP contribution in [0.4, 0.5) is 5.69 Å². The summed E-state index contributed by atoms with van der Waals surface area (Å²) in [6.07, 6.45) is 0. The van der Waals surface area contributed by atoms with E-state index in [0.717, 1.165) is 6.54 Å². The van der Waals surface area contributed by atoms with Gasteiger partial charge in [0.2, 0.25) is 5.89 Å². The molecule has 0 unspecified atom stereocenters. The first kappa shape index (κ1) is 14.9. The van der Waals surface area contributed by atoms with Crippen molar-refractivity contribution in [2.75, 3.05) is 6.54 Å². The molecular formula is C13H16N4O4. The van der Waals surface area contributed by atoms with Gasteiger partial charge in [-0.2, -0.15) is 0 Å². The quantitative estimate of drug-likeness (QED) is 0.614. The predicted octanol–water partition coefficient (Wildman–Crippen LogP) is 1.97. The van der Waals surface area contributed by atoms with E-state index in [2.05, 4.69) is 15.5 Å². The number of nitro groups is 1. The number of benzene rings is 1. The summed E-state index contributed by atoms with van der Waals surface area (Å²) in [5.41, 5.74) is 0.742. The van der Waals surface area contributed by atoms with Crippen LogP contribution in [-0.4, -0.2) is 21.7 Å². The Morgan fingerprint density at radius 2 is 2.24 bits per heavy atom. The van der Waals surface area contributed by atoms with Gasteiger partial charge in [0.1, 0.15) is 5.75 Å². The van der Waals surface area contributed by atoms with Crippen LogP contribution in [-0.2, 0) is 13.2 Å². The predicted molar refractivity (Wildman–Crippen MR) is 73.8 cm³/mol. The summed E-state index contributed by atoms with van der Waals surface area (Å²) in [6.45, 7) is 5.01. The number of non-ortho nitro benzene ring substituents is 1. The fraction of sp³-hybridized carbons (Fsp3) is 0.385. The lowest BCUT2D eigenvalue weighted by Gasteiger charge is -2.10. The second-order valence-corrected chi connectivity index (χ2v) is 4.33. The Bertz CT molecular complexity index is 626. The maximum absolute atomic E-state index is 10.8. The minimum Gasteiger partial charge on any atom is -0.483 e. The summed E-state index contributed by atoms with van der Waals surface area (Å²) in [7, 11) is 0. The second-order valence-electron chi connectivity index (χ2n) is 4.33. The van der Waals surface area contributed by atoms with Crippen LogP contribution < -0.4 is 10.1 Å². The monoisotopic (exact) mass is 292 g/mol. The molecule has 0 spiro atoms. The molecule has 0 aliphatic heterocycles. The molecule has 2 aromatic rings. The molecule has 0 aliphatic carbocycles. The molecule has 0 radical (unpaired) electrons. The molecule has 8 heteroatoms. The SMILES string of the molecule is CCNCc1cc([N+](=O)[O-])ccc1OCc1nnc(C)o1. The van der Waals surface area contributed by atoms with Crippen LogP contribution in [0.15, 0.2) is 22.6 Å². The number of ether oxygens (including phenoxy) is 1. The van der Waals surface area contributed by atoms with E-state index in [-0.39, 0.29) is 12.3 Å². The van der Waals surface area contributed by atoms with Crippen molar-refractivity contribution in [3.8, 4) is 5.75 Å². The molecule has 0 amide bonds. The lowest BCUT2D eigenvalue weighted by Crippen LogP contribution is -2.13. The summed E-state index contributed by atoms with van der Waals surface area (Å²) < 4.78 is 10.8. The van der Waals surface area contributed by atoms with Crippen molar-refractivity contribution in [1.29, 1.82) is 0 Å². The molecule has 8 nitrogen and oxygen atoms in total. The van der Waals surface area contributed by atoms with Crippen molar-refractivity contribution >= 4 is 5.69 Å². The van der Waals surface area contributed by atoms with E-state index in [0.29, 0.717) is 29.6 Å². The first-order chi connectivity index (χ1) is 10.1. The second kappa shape index (κ2) is 6.80. The third kappa shape index (κ3) is 3.99. The zero-order valence-corrected chi connectivity index (χ0v) is 11.8. The van der Waals surface area contributed by atoms with E-state index in [9.17, 15) is 10.1 Å². The van der Waals surface area contributed by atoms with Crippen molar-refractivity contribution in [3.05, 3.63) is 45.7 Å². The van der Waals surface area contributed by atoms with Crippen molar-refractivity contribution in [2.45, 2.75) is 27.0 Å². The summed E-state index contributed by atoms with van der Waals surface area (Å²) in [6, 6.07) is 4.48. The van der Waals surface area contributed by atoms with Crippen LogP contribution in [0.1, 0.15) is 24.3 Å². The van der Waals surface area contributed by atoms with E-state index in [1.165, 1.54) is 12.1 Å². The highest BCUT2D eigenvalue weighted by atomic mass is 16.6. The first-order valence-corrected chi connectivity index (χ1v) is 6.50. The number of aryl methyl sites for hydroxylation is 1. The molecule has 0 fully saturated rings. The Morgan fingerprint density at radius 1 is 1.43 bits per heavy atom. The first-order valence-electron chi connectivity index (χ1n) is 6.50. The average molecular weight is 292 g/mol. The van der Waals surface area contributed by atoms with Gasteiger partial charge in [-0.25, -0.2) is 0 Å². The molecule has 0 aliphatic rings. The van der Waals surface area contributed by atoms with Crippen LogP contribution in [0.3, 0.4) is 0 Å². The van der Waals surface area contributed by atoms with Gasteiger partial charge in [-0.05, 0) is 12.6 Å². The van der Waals surface area contributed by atoms with Crippen LogP contribution in [0, 0.1) is 17.0 Å². The number of aromatic nitrogens is 2. The third-order valence-corrected chi connectivity index (χ3v) is 2.74. The normalized spacial score (nSPS) is 10.6. The molecule has 1 aromatic heterocycles. The zero-order chi connectivity index (χ0) is 15.2. The van der Waals surface area contributed by atoms with Gasteiger partial charge in [0.25, 0.3) is 11.6 Å². The van der Waals surface area contributed by atoms with Crippen LogP contribution in [0.5, 0.6) is 5.75 Å². The van der Waals surface area contributed by atoms with Gasteiger partial charge >= 0.3 is 0 Å². The maximum Gasteiger partial charge on any atom is 0.270 e. The van der Waals surface area contributed by atoms with Crippen molar-refractivity contribution in [3.63, 3.8) is 0 Å². The molecule has 0 bridgehead atoms. The van der Waals surface area contributed by atoms with Crippen molar-refractivity contribution in [2.24, 2.45) is 0 Å². The van der Waals surface area contributed by atoms with E-state index in [1.807, 2.05) is 6.92 Å². The van der Waals surface area contributed by atoms with Crippen molar-refractivity contribution in [1.82, 2.24) is 15.5 Å². The van der Waals surface area contributed by atoms with Gasteiger partial charge in [-0.3, -0.25) is 10.1 Å². The van der Waals surface area contributed by atoms with Crippen LogP contribution in [0.25, 0.3) is 0 Å². The summed E-state index contributed by atoms with van der Waals surface area (Å²) in [4.78, 5) is 10.4. The standard InChI is InChI=1S/C13H16N4O4/c1-3-14-7-10-6-11(17(18)19)4-5-12(10)20-8-13-16-15-9(2)21-13/h4-6,14H,3,7-8H2,1-2H3. The van der Waals surface area contributed by atoms with Crippen molar-refractivity contribution < 1.29 is 14.1 Å². The highest BCUT2D eigenvalue weighted by Gasteiger charge is 2.12. The molecule has 2 rings (SSSR count). The Kier molecular flexibility index (Phi) is 4.83. The van der Waals surface area contributed by atoms with Crippen LogP contribution in [0.2, 0.25) is 0 Å². The lowest BCUT2D eigenvalue weighted by atomic mass is 10.1. The smallest absolute Gasteiger partial charge is 0.270 e. The molecule has 112 valence electrons. The molecule has 0 saturated heterocycles. The largest absolute Gasteiger partial charge is 0.483 e. The summed E-state index contributed by atoms with van der Waals surface area (Å²) >= 11 is 0. The number of nitrogens with zero attached hydrogens (tertiary/aromatic N) is 3.